The van der Waals surface area contributed by atoms with Crippen molar-refractivity contribution in [2.45, 2.75) is 57.4 Å². The van der Waals surface area contributed by atoms with Crippen LogP contribution in [0.5, 0.6) is 0 Å². The molecule has 1 aromatic rings. The summed E-state index contributed by atoms with van der Waals surface area (Å²) in [5.41, 5.74) is 0.751. The predicted molar refractivity (Wildman–Crippen MR) is 113 cm³/mol. The number of rotatable bonds is 8. The van der Waals surface area contributed by atoms with Gasteiger partial charge in [0, 0.05) is 56.8 Å². The minimum absolute atomic E-state index is 0.0765. The van der Waals surface area contributed by atoms with E-state index in [0.717, 1.165) is 64.1 Å². The van der Waals surface area contributed by atoms with Gasteiger partial charge in [-0.15, -0.1) is 0 Å². The van der Waals surface area contributed by atoms with Crippen LogP contribution in [0.4, 0.5) is 14.5 Å². The van der Waals surface area contributed by atoms with E-state index >= 15 is 0 Å². The molecule has 2 fully saturated rings. The smallest absolute Gasteiger partial charge is 0.220 e. The van der Waals surface area contributed by atoms with Gasteiger partial charge in [-0.05, 0) is 63.1 Å². The summed E-state index contributed by atoms with van der Waals surface area (Å²) in [7, 11) is 0. The number of hydrogen-bond acceptors (Lipinski definition) is 4. The van der Waals surface area contributed by atoms with Gasteiger partial charge in [-0.1, -0.05) is 0 Å². The van der Waals surface area contributed by atoms with E-state index in [0.29, 0.717) is 25.2 Å². The second-order valence-corrected chi connectivity index (χ2v) is 8.51. The Bertz CT molecular complexity index is 735. The third-order valence-corrected chi connectivity index (χ3v) is 6.40. The van der Waals surface area contributed by atoms with Gasteiger partial charge < -0.3 is 10.2 Å². The lowest BCUT2D eigenvalue weighted by atomic mass is 9.84. The Kier molecular flexibility index (Phi) is 8.44. The number of halogens is 2. The Morgan fingerprint density at radius 3 is 2.50 bits per heavy atom. The molecule has 1 aliphatic heterocycles. The predicted octanol–water partition coefficient (Wildman–Crippen LogP) is 3.85. The Balaban J connectivity index is 1.30. The molecule has 1 N–H and O–H groups in total. The average Bonchev–Trinajstić information content (AvgIpc) is 2.76. The van der Waals surface area contributed by atoms with Crippen molar-refractivity contribution in [2.24, 2.45) is 5.92 Å². The lowest BCUT2D eigenvalue weighted by Gasteiger charge is -2.37. The van der Waals surface area contributed by atoms with Gasteiger partial charge in [-0.2, -0.15) is 5.26 Å². The number of piperazine rings is 1. The number of nitrogens with zero attached hydrogens (tertiary/aromatic N) is 3. The maximum atomic E-state index is 13.5. The van der Waals surface area contributed by atoms with Crippen LogP contribution in [0, 0.1) is 28.9 Å². The van der Waals surface area contributed by atoms with Gasteiger partial charge in [0.1, 0.15) is 0 Å². The lowest BCUT2D eigenvalue weighted by molar-refractivity contribution is -0.122. The molecule has 0 bridgehead atoms. The fraction of sp³-hybridized carbons (Fsp3) is 0.652. The Morgan fingerprint density at radius 1 is 1.10 bits per heavy atom. The number of hydrogen-bond donors (Lipinski definition) is 1. The molecule has 1 aliphatic carbocycles. The Labute approximate surface area is 178 Å². The number of nitriles is 1. The maximum Gasteiger partial charge on any atom is 0.220 e. The first-order valence-corrected chi connectivity index (χ1v) is 11.1. The molecule has 0 radical (unpaired) electrons. The summed E-state index contributed by atoms with van der Waals surface area (Å²) in [6, 6.07) is 6.49. The molecule has 5 nitrogen and oxygen atoms in total. The zero-order valence-corrected chi connectivity index (χ0v) is 17.6. The van der Waals surface area contributed by atoms with Crippen molar-refractivity contribution in [3.05, 3.63) is 29.8 Å². The molecule has 0 aromatic heterocycles. The summed E-state index contributed by atoms with van der Waals surface area (Å²) in [6.45, 7) is 4.60. The second-order valence-electron chi connectivity index (χ2n) is 8.51. The van der Waals surface area contributed by atoms with Crippen molar-refractivity contribution in [2.75, 3.05) is 37.6 Å². The summed E-state index contributed by atoms with van der Waals surface area (Å²) < 4.78 is 26.6. The normalized spacial score (nSPS) is 22.5. The zero-order chi connectivity index (χ0) is 21.3. The molecule has 7 heteroatoms. The van der Waals surface area contributed by atoms with Crippen molar-refractivity contribution in [3.63, 3.8) is 0 Å². The number of unbranched alkanes of at least 4 members (excludes halogenated alkanes) is 1. The van der Waals surface area contributed by atoms with E-state index in [9.17, 15) is 13.6 Å². The topological polar surface area (TPSA) is 59.4 Å². The van der Waals surface area contributed by atoms with E-state index in [2.05, 4.69) is 21.2 Å². The van der Waals surface area contributed by atoms with Gasteiger partial charge in [-0.25, -0.2) is 8.78 Å². The highest BCUT2D eigenvalue weighted by Gasteiger charge is 2.24. The van der Waals surface area contributed by atoms with E-state index in [1.807, 2.05) is 0 Å². The SMILES string of the molecule is N#CCCCC(=O)N[C@H]1CC[C@H](CCN2CCN(c3ccc(F)c(F)c3)CC2)CC1. The van der Waals surface area contributed by atoms with Crippen LogP contribution >= 0.6 is 0 Å². The standard InChI is InChI=1S/C23H32F2N4O/c24-21-9-8-20(17-22(21)25)29-15-13-28(14-16-29)12-10-18-4-6-19(7-5-18)27-23(30)3-1-2-11-26/h8-9,17-19H,1-7,10,12-16H2,(H,27,30)/t18-,19-. The number of amides is 1. The third-order valence-electron chi connectivity index (χ3n) is 6.40. The van der Waals surface area contributed by atoms with Crippen LogP contribution in [-0.4, -0.2) is 49.6 Å². The first-order valence-electron chi connectivity index (χ1n) is 11.1. The molecular weight excluding hydrogens is 386 g/mol. The van der Waals surface area contributed by atoms with Crippen LogP contribution in [0.25, 0.3) is 0 Å². The molecule has 1 saturated heterocycles. The van der Waals surface area contributed by atoms with Gasteiger partial charge in [0.25, 0.3) is 0 Å². The van der Waals surface area contributed by atoms with Crippen LogP contribution in [0.1, 0.15) is 51.4 Å². The molecule has 0 atom stereocenters. The fourth-order valence-corrected chi connectivity index (χ4v) is 4.50. The highest BCUT2D eigenvalue weighted by atomic mass is 19.2. The number of carbonyl (C=O) groups excluding carboxylic acids is 1. The van der Waals surface area contributed by atoms with E-state index < -0.39 is 11.6 Å². The van der Waals surface area contributed by atoms with Crippen molar-refractivity contribution in [1.82, 2.24) is 10.2 Å². The van der Waals surface area contributed by atoms with Crippen molar-refractivity contribution >= 4 is 11.6 Å². The van der Waals surface area contributed by atoms with Gasteiger partial charge in [0.2, 0.25) is 5.91 Å². The van der Waals surface area contributed by atoms with Crippen molar-refractivity contribution < 1.29 is 13.6 Å². The van der Waals surface area contributed by atoms with Crippen molar-refractivity contribution in [3.8, 4) is 6.07 Å². The molecule has 1 aromatic carbocycles. The Hall–Kier alpha value is -2.20. The van der Waals surface area contributed by atoms with Gasteiger partial charge >= 0.3 is 0 Å². The van der Waals surface area contributed by atoms with E-state index in [4.69, 9.17) is 5.26 Å². The van der Waals surface area contributed by atoms with Crippen LogP contribution in [0.2, 0.25) is 0 Å². The van der Waals surface area contributed by atoms with Gasteiger partial charge in [0.05, 0.1) is 6.07 Å². The second kappa shape index (κ2) is 11.3. The van der Waals surface area contributed by atoms with E-state index in [1.54, 1.807) is 6.07 Å². The fourth-order valence-electron chi connectivity index (χ4n) is 4.50. The molecule has 30 heavy (non-hydrogen) atoms. The largest absolute Gasteiger partial charge is 0.369 e. The molecule has 0 unspecified atom stereocenters. The minimum Gasteiger partial charge on any atom is -0.369 e. The maximum absolute atomic E-state index is 13.5. The first-order chi connectivity index (χ1) is 14.5. The van der Waals surface area contributed by atoms with E-state index in [1.165, 1.54) is 18.6 Å². The summed E-state index contributed by atoms with van der Waals surface area (Å²) in [5.74, 6) is -0.803. The van der Waals surface area contributed by atoms with E-state index in [-0.39, 0.29) is 11.9 Å². The molecule has 3 rings (SSSR count). The number of anilines is 1. The number of benzene rings is 1. The average molecular weight is 419 g/mol. The van der Waals surface area contributed by atoms with Gasteiger partial charge in [0.15, 0.2) is 11.6 Å². The molecule has 1 amide bonds. The molecule has 1 saturated carbocycles. The summed E-state index contributed by atoms with van der Waals surface area (Å²) >= 11 is 0. The highest BCUT2D eigenvalue weighted by Crippen LogP contribution is 2.27. The summed E-state index contributed by atoms with van der Waals surface area (Å²) in [4.78, 5) is 16.5. The number of nitrogens with one attached hydrogen (secondary N) is 1. The first kappa shape index (κ1) is 22.5. The lowest BCUT2D eigenvalue weighted by Crippen LogP contribution is -2.47. The molecule has 2 aliphatic rings. The Morgan fingerprint density at radius 2 is 1.83 bits per heavy atom. The molecule has 164 valence electrons. The quantitative estimate of drug-likeness (QED) is 0.652. The third kappa shape index (κ3) is 6.66. The number of carbonyl (C=O) groups is 1. The monoisotopic (exact) mass is 418 g/mol. The van der Waals surface area contributed by atoms with Crippen LogP contribution in [0.15, 0.2) is 18.2 Å². The highest BCUT2D eigenvalue weighted by molar-refractivity contribution is 5.76. The molecule has 1 heterocycles. The van der Waals surface area contributed by atoms with Crippen molar-refractivity contribution in [1.29, 1.82) is 5.26 Å². The van der Waals surface area contributed by atoms with Gasteiger partial charge in [-0.3, -0.25) is 9.69 Å². The molecule has 0 spiro atoms. The zero-order valence-electron chi connectivity index (χ0n) is 17.6. The van der Waals surface area contributed by atoms with Crippen LogP contribution < -0.4 is 10.2 Å². The van der Waals surface area contributed by atoms with Crippen LogP contribution in [-0.2, 0) is 4.79 Å². The summed E-state index contributed by atoms with van der Waals surface area (Å²) in [6.07, 6.45) is 7.08. The summed E-state index contributed by atoms with van der Waals surface area (Å²) in [5, 5.41) is 11.7. The minimum atomic E-state index is -0.800. The molecular formula is C23H32F2N4O. The van der Waals surface area contributed by atoms with Crippen LogP contribution in [0.3, 0.4) is 0 Å².